The van der Waals surface area contributed by atoms with Gasteiger partial charge >= 0.3 is 0 Å². The molecule has 2 unspecified atom stereocenters. The van der Waals surface area contributed by atoms with Crippen LogP contribution in [0.3, 0.4) is 0 Å². The third kappa shape index (κ3) is 2.73. The van der Waals surface area contributed by atoms with Crippen molar-refractivity contribution in [3.05, 3.63) is 70.3 Å². The van der Waals surface area contributed by atoms with E-state index >= 15 is 0 Å². The minimum absolute atomic E-state index is 0. The maximum absolute atomic E-state index is 3.45. The molecule has 4 rings (SSSR count). The van der Waals surface area contributed by atoms with Crippen LogP contribution in [-0.4, -0.2) is 24.5 Å². The van der Waals surface area contributed by atoms with Crippen LogP contribution in [0.2, 0.25) is 0 Å². The number of hydrogen-bond donors (Lipinski definition) is 0. The zero-order valence-corrected chi connectivity index (χ0v) is 16.3. The first-order valence-corrected chi connectivity index (χ1v) is 8.03. The summed E-state index contributed by atoms with van der Waals surface area (Å²) in [6.07, 6.45) is 3.65. The first-order chi connectivity index (χ1) is 10.2. The zero-order valence-electron chi connectivity index (χ0n) is 13.5. The second kappa shape index (κ2) is 6.55. The van der Waals surface area contributed by atoms with Crippen molar-refractivity contribution in [3.63, 3.8) is 0 Å². The summed E-state index contributed by atoms with van der Waals surface area (Å²) in [5.41, 5.74) is 7.39. The molecule has 0 aromatic heterocycles. The minimum Gasteiger partial charge on any atom is -0.303 e. The van der Waals surface area contributed by atoms with Crippen molar-refractivity contribution in [2.24, 2.45) is 0 Å². The van der Waals surface area contributed by atoms with Crippen molar-refractivity contribution in [1.29, 1.82) is 0 Å². The van der Waals surface area contributed by atoms with Gasteiger partial charge in [0.25, 0.3) is 0 Å². The van der Waals surface area contributed by atoms with Gasteiger partial charge in [0.15, 0.2) is 0 Å². The van der Waals surface area contributed by atoms with Crippen molar-refractivity contribution in [2.45, 2.75) is 38.1 Å². The first-order valence-electron chi connectivity index (χ1n) is 8.03. The van der Waals surface area contributed by atoms with Gasteiger partial charge in [0.2, 0.25) is 0 Å². The fourth-order valence-electron chi connectivity index (χ4n) is 4.23. The molecule has 0 fully saturated rings. The van der Waals surface area contributed by atoms with Gasteiger partial charge < -0.3 is 4.90 Å². The van der Waals surface area contributed by atoms with Crippen LogP contribution in [0.15, 0.2) is 36.4 Å². The molecule has 1 radical (unpaired) electrons. The summed E-state index contributed by atoms with van der Waals surface area (Å²) >= 11 is 0. The molecule has 2 heteroatoms. The van der Waals surface area contributed by atoms with Crippen molar-refractivity contribution < 1.29 is 32.7 Å². The smallest absolute Gasteiger partial charge is 0.00996 e. The Morgan fingerprint density at radius 3 is 2.77 bits per heavy atom. The molecule has 0 bridgehead atoms. The molecule has 1 aliphatic heterocycles. The van der Waals surface area contributed by atoms with Gasteiger partial charge in [-0.15, -0.1) is 5.56 Å². The van der Waals surface area contributed by atoms with Crippen LogP contribution >= 0.6 is 0 Å². The fraction of sp³-hybridized carbons (Fsp3) is 0.400. The zero-order chi connectivity index (χ0) is 14.4. The van der Waals surface area contributed by atoms with Crippen LogP contribution in [0.25, 0.3) is 0 Å². The number of benzene rings is 2. The molecular weight excluding hydrogens is 343 g/mol. The number of rotatable bonds is 0. The number of nitrogens with zero attached hydrogens (tertiary/aromatic N) is 1. The fourth-order valence-corrected chi connectivity index (χ4v) is 4.23. The average molecular weight is 365 g/mol. The van der Waals surface area contributed by atoms with Crippen molar-refractivity contribution in [3.8, 4) is 0 Å². The third-order valence-corrected chi connectivity index (χ3v) is 5.34. The summed E-state index contributed by atoms with van der Waals surface area (Å²) in [7, 11) is 2.30. The van der Waals surface area contributed by atoms with E-state index in [0.717, 1.165) is 6.42 Å². The maximum atomic E-state index is 3.45. The number of aryl methyl sites for hydroxylation is 2. The molecule has 0 saturated carbocycles. The molecule has 2 atom stereocenters. The van der Waals surface area contributed by atoms with Gasteiger partial charge in [0.05, 0.1) is 0 Å². The Balaban J connectivity index is 0.00000144. The Hall–Kier alpha value is -0.496. The SMILES string of the molecule is Cc1[c-]cc2c(c1)CCN(C)C1CCc3ccccc3C21.[Y]. The largest absolute Gasteiger partial charge is 0.303 e. The molecule has 1 heterocycles. The molecule has 2 aromatic rings. The Bertz CT molecular complexity index is 679. The van der Waals surface area contributed by atoms with Crippen molar-refractivity contribution in [1.82, 2.24) is 4.90 Å². The molecule has 1 nitrogen and oxygen atoms in total. The van der Waals surface area contributed by atoms with Gasteiger partial charge in [-0.2, -0.15) is 29.3 Å². The van der Waals surface area contributed by atoms with Gasteiger partial charge in [0.1, 0.15) is 0 Å². The Morgan fingerprint density at radius 1 is 1.09 bits per heavy atom. The molecule has 2 aromatic carbocycles. The molecule has 0 amide bonds. The average Bonchev–Trinajstić information content (AvgIpc) is 2.65. The molecule has 0 N–H and O–H groups in total. The second-order valence-corrected chi connectivity index (χ2v) is 6.61. The number of hydrogen-bond acceptors (Lipinski definition) is 1. The summed E-state index contributed by atoms with van der Waals surface area (Å²) in [5, 5.41) is 0. The number of fused-ring (bicyclic) bond motifs is 5. The maximum Gasteiger partial charge on any atom is 0.00996 e. The molecular formula is C20H22NY-. The topological polar surface area (TPSA) is 3.24 Å². The van der Waals surface area contributed by atoms with Crippen LogP contribution in [0.4, 0.5) is 0 Å². The predicted octanol–water partition coefficient (Wildman–Crippen LogP) is 3.73. The van der Waals surface area contributed by atoms with Gasteiger partial charge in [-0.3, -0.25) is 0 Å². The van der Waals surface area contributed by atoms with E-state index in [1.54, 1.807) is 11.1 Å². The molecule has 111 valence electrons. The van der Waals surface area contributed by atoms with Crippen molar-refractivity contribution >= 4 is 0 Å². The van der Waals surface area contributed by atoms with E-state index in [0.29, 0.717) is 12.0 Å². The summed E-state index contributed by atoms with van der Waals surface area (Å²) in [4.78, 5) is 2.58. The Labute approximate surface area is 159 Å². The van der Waals surface area contributed by atoms with Gasteiger partial charge in [-0.05, 0) is 43.4 Å². The van der Waals surface area contributed by atoms with E-state index in [9.17, 15) is 0 Å². The van der Waals surface area contributed by atoms with Crippen LogP contribution in [0.1, 0.15) is 40.2 Å². The summed E-state index contributed by atoms with van der Waals surface area (Å²) in [5.74, 6) is 0.522. The van der Waals surface area contributed by atoms with E-state index in [1.807, 2.05) is 0 Å². The predicted molar refractivity (Wildman–Crippen MR) is 86.7 cm³/mol. The molecule has 1 aliphatic carbocycles. The summed E-state index contributed by atoms with van der Waals surface area (Å²) < 4.78 is 0. The Kier molecular flexibility index (Phi) is 4.87. The first kappa shape index (κ1) is 16.4. The van der Waals surface area contributed by atoms with E-state index in [2.05, 4.69) is 61.3 Å². The Morgan fingerprint density at radius 2 is 1.91 bits per heavy atom. The summed E-state index contributed by atoms with van der Waals surface area (Å²) in [6, 6.07) is 17.7. The minimum atomic E-state index is 0. The molecule has 0 spiro atoms. The van der Waals surface area contributed by atoms with Crippen LogP contribution < -0.4 is 0 Å². The molecule has 22 heavy (non-hydrogen) atoms. The van der Waals surface area contributed by atoms with Gasteiger partial charge in [0, 0.05) is 45.3 Å². The summed E-state index contributed by atoms with van der Waals surface area (Å²) in [6.45, 7) is 3.32. The van der Waals surface area contributed by atoms with E-state index in [1.165, 1.54) is 36.1 Å². The van der Waals surface area contributed by atoms with E-state index < -0.39 is 0 Å². The molecule has 2 aliphatic rings. The van der Waals surface area contributed by atoms with Crippen LogP contribution in [0, 0.1) is 13.0 Å². The van der Waals surface area contributed by atoms with Crippen molar-refractivity contribution in [2.75, 3.05) is 13.6 Å². The standard InChI is InChI=1S/C20H22N.Y/c1-14-7-9-18-16(13-14)11-12-21(2)19-10-8-15-5-3-4-6-17(15)20(18)19;/h3-6,9,13,19-20H,8,10-12H2,1-2H3;/q-1;. The number of likely N-dealkylation sites (N-methyl/N-ethyl adjacent to an activating group) is 1. The van der Waals surface area contributed by atoms with E-state index in [-0.39, 0.29) is 32.7 Å². The molecule has 0 saturated heterocycles. The van der Waals surface area contributed by atoms with E-state index in [4.69, 9.17) is 0 Å². The van der Waals surface area contributed by atoms with Gasteiger partial charge in [-0.25, -0.2) is 0 Å². The quantitative estimate of drug-likeness (QED) is 0.643. The van der Waals surface area contributed by atoms with Crippen LogP contribution in [-0.2, 0) is 45.6 Å². The monoisotopic (exact) mass is 365 g/mol. The normalized spacial score (nSPS) is 23.5. The van der Waals surface area contributed by atoms with Crippen LogP contribution in [0.5, 0.6) is 0 Å². The second-order valence-electron chi connectivity index (χ2n) is 6.61. The third-order valence-electron chi connectivity index (χ3n) is 5.34. The van der Waals surface area contributed by atoms with Gasteiger partial charge in [-0.1, -0.05) is 31.2 Å².